The van der Waals surface area contributed by atoms with Crippen LogP contribution in [0.1, 0.15) is 26.3 Å². The van der Waals surface area contributed by atoms with Gasteiger partial charge in [-0.1, -0.05) is 41.9 Å². The van der Waals surface area contributed by atoms with Crippen molar-refractivity contribution in [1.29, 1.82) is 0 Å². The molecule has 1 rings (SSSR count). The van der Waals surface area contributed by atoms with Gasteiger partial charge in [0.15, 0.2) is 5.96 Å². The van der Waals surface area contributed by atoms with Crippen LogP contribution in [-0.2, 0) is 11.3 Å². The smallest absolute Gasteiger partial charge is 0.222 e. The summed E-state index contributed by atoms with van der Waals surface area (Å²) >= 11 is 3.45. The molecule has 1 aromatic carbocycles. The maximum absolute atomic E-state index is 11.5. The summed E-state index contributed by atoms with van der Waals surface area (Å²) in [5, 5.41) is 6.16. The van der Waals surface area contributed by atoms with Crippen LogP contribution in [0, 0.1) is 5.92 Å². The van der Waals surface area contributed by atoms with Crippen LogP contribution in [0.5, 0.6) is 0 Å². The minimum Gasteiger partial charge on any atom is -0.357 e. The number of nitrogens with one attached hydrogen (secondary N) is 2. The van der Waals surface area contributed by atoms with E-state index in [1.54, 1.807) is 0 Å². The summed E-state index contributed by atoms with van der Waals surface area (Å²) < 4.78 is 1.07. The molecule has 2 N–H and O–H groups in total. The van der Waals surface area contributed by atoms with Crippen molar-refractivity contribution in [2.24, 2.45) is 10.9 Å². The number of hydrogen-bond acceptors (Lipinski definition) is 2. The fraction of sp³-hybridized carbons (Fsp3) is 0.529. The van der Waals surface area contributed by atoms with Gasteiger partial charge in [-0.3, -0.25) is 9.79 Å². The molecule has 0 aliphatic rings. The van der Waals surface area contributed by atoms with Crippen LogP contribution < -0.4 is 10.6 Å². The predicted octanol–water partition coefficient (Wildman–Crippen LogP) is 2.62. The van der Waals surface area contributed by atoms with Crippen molar-refractivity contribution in [3.63, 3.8) is 0 Å². The standard InChI is InChI=1S/C17H27BrN4O/c1-5-19-17(21-11-10-20-16(23)13(2)3)22(4)12-14-6-8-15(18)9-7-14/h6-9,13H,5,10-12H2,1-4H3,(H,19,21)(H,20,23). The Morgan fingerprint density at radius 2 is 1.91 bits per heavy atom. The Morgan fingerprint density at radius 3 is 2.48 bits per heavy atom. The summed E-state index contributed by atoms with van der Waals surface area (Å²) in [5.74, 6) is 0.912. The number of carbonyl (C=O) groups is 1. The number of rotatable bonds is 7. The largest absolute Gasteiger partial charge is 0.357 e. The van der Waals surface area contributed by atoms with Gasteiger partial charge in [0.2, 0.25) is 5.91 Å². The van der Waals surface area contributed by atoms with Gasteiger partial charge in [0.05, 0.1) is 6.54 Å². The van der Waals surface area contributed by atoms with Crippen molar-refractivity contribution in [3.05, 3.63) is 34.3 Å². The Balaban J connectivity index is 2.56. The summed E-state index contributed by atoms with van der Waals surface area (Å²) in [6.45, 7) is 8.51. The maximum atomic E-state index is 11.5. The number of guanidine groups is 1. The highest BCUT2D eigenvalue weighted by Gasteiger charge is 2.07. The summed E-state index contributed by atoms with van der Waals surface area (Å²) in [6, 6.07) is 8.25. The van der Waals surface area contributed by atoms with Gasteiger partial charge in [0.25, 0.3) is 0 Å². The zero-order valence-corrected chi connectivity index (χ0v) is 16.0. The molecule has 0 saturated heterocycles. The van der Waals surface area contributed by atoms with Crippen LogP contribution >= 0.6 is 15.9 Å². The zero-order chi connectivity index (χ0) is 17.2. The van der Waals surface area contributed by atoms with Crippen molar-refractivity contribution >= 4 is 27.8 Å². The number of aliphatic imine (C=N–C) groups is 1. The fourth-order valence-electron chi connectivity index (χ4n) is 1.95. The molecule has 0 aliphatic heterocycles. The van der Waals surface area contributed by atoms with Crippen molar-refractivity contribution in [1.82, 2.24) is 15.5 Å². The van der Waals surface area contributed by atoms with Gasteiger partial charge in [0.1, 0.15) is 0 Å². The average molecular weight is 383 g/mol. The van der Waals surface area contributed by atoms with Gasteiger partial charge in [-0.25, -0.2) is 0 Å². The minimum atomic E-state index is 0.00675. The first kappa shape index (κ1) is 19.5. The fourth-order valence-corrected chi connectivity index (χ4v) is 2.22. The van der Waals surface area contributed by atoms with E-state index >= 15 is 0 Å². The zero-order valence-electron chi connectivity index (χ0n) is 14.4. The highest BCUT2D eigenvalue weighted by molar-refractivity contribution is 9.10. The molecule has 0 aliphatic carbocycles. The third-order valence-electron chi connectivity index (χ3n) is 3.23. The van der Waals surface area contributed by atoms with Crippen molar-refractivity contribution in [2.45, 2.75) is 27.3 Å². The number of hydrogen-bond donors (Lipinski definition) is 2. The maximum Gasteiger partial charge on any atom is 0.222 e. The van der Waals surface area contributed by atoms with Crippen molar-refractivity contribution < 1.29 is 4.79 Å². The molecule has 5 nitrogen and oxygen atoms in total. The molecule has 0 saturated carbocycles. The van der Waals surface area contributed by atoms with Gasteiger partial charge in [0, 0.05) is 37.1 Å². The second-order valence-electron chi connectivity index (χ2n) is 5.66. The molecule has 0 unspecified atom stereocenters. The van der Waals surface area contributed by atoms with E-state index in [-0.39, 0.29) is 11.8 Å². The third-order valence-corrected chi connectivity index (χ3v) is 3.76. The predicted molar refractivity (Wildman–Crippen MR) is 99.4 cm³/mol. The molecule has 1 aromatic rings. The number of benzene rings is 1. The molecule has 0 heterocycles. The number of amides is 1. The summed E-state index contributed by atoms with van der Waals surface area (Å²) in [5.41, 5.74) is 1.22. The number of nitrogens with zero attached hydrogens (tertiary/aromatic N) is 2. The first-order valence-electron chi connectivity index (χ1n) is 7.95. The van der Waals surface area contributed by atoms with E-state index in [2.05, 4.69) is 48.6 Å². The lowest BCUT2D eigenvalue weighted by molar-refractivity contribution is -0.123. The van der Waals surface area contributed by atoms with Crippen molar-refractivity contribution in [3.8, 4) is 0 Å². The van der Waals surface area contributed by atoms with Crippen LogP contribution in [0.4, 0.5) is 0 Å². The number of carbonyl (C=O) groups excluding carboxylic acids is 1. The highest BCUT2D eigenvalue weighted by Crippen LogP contribution is 2.11. The van der Waals surface area contributed by atoms with Crippen LogP contribution in [0.15, 0.2) is 33.7 Å². The number of halogens is 1. The van der Waals surface area contributed by atoms with Crippen LogP contribution in [-0.4, -0.2) is 43.4 Å². The second kappa shape index (κ2) is 10.3. The van der Waals surface area contributed by atoms with Gasteiger partial charge >= 0.3 is 0 Å². The van der Waals surface area contributed by atoms with Gasteiger partial charge in [-0.15, -0.1) is 0 Å². The van der Waals surface area contributed by atoms with Crippen LogP contribution in [0.2, 0.25) is 0 Å². The Hall–Kier alpha value is -1.56. The monoisotopic (exact) mass is 382 g/mol. The van der Waals surface area contributed by atoms with E-state index in [9.17, 15) is 4.79 Å². The van der Waals surface area contributed by atoms with Crippen molar-refractivity contribution in [2.75, 3.05) is 26.7 Å². The Kier molecular flexibility index (Phi) is 8.69. The van der Waals surface area contributed by atoms with E-state index in [0.29, 0.717) is 13.1 Å². The van der Waals surface area contributed by atoms with Crippen LogP contribution in [0.25, 0.3) is 0 Å². The van der Waals surface area contributed by atoms with Gasteiger partial charge < -0.3 is 15.5 Å². The summed E-state index contributed by atoms with van der Waals surface area (Å²) in [6.07, 6.45) is 0. The minimum absolute atomic E-state index is 0.00675. The lowest BCUT2D eigenvalue weighted by atomic mass is 10.2. The summed E-state index contributed by atoms with van der Waals surface area (Å²) in [4.78, 5) is 18.2. The Morgan fingerprint density at radius 1 is 1.26 bits per heavy atom. The molecule has 1 amide bonds. The quantitative estimate of drug-likeness (QED) is 0.432. The SMILES string of the molecule is CCNC(=NCCNC(=O)C(C)C)N(C)Cc1ccc(Br)cc1. The molecule has 6 heteroatoms. The van der Waals surface area contributed by atoms with E-state index < -0.39 is 0 Å². The van der Waals surface area contributed by atoms with E-state index in [1.807, 2.05) is 40.0 Å². The lowest BCUT2D eigenvalue weighted by Gasteiger charge is -2.22. The molecular weight excluding hydrogens is 356 g/mol. The molecule has 0 fully saturated rings. The van der Waals surface area contributed by atoms with Gasteiger partial charge in [-0.2, -0.15) is 0 Å². The molecule has 23 heavy (non-hydrogen) atoms. The molecule has 0 aromatic heterocycles. The van der Waals surface area contributed by atoms with E-state index in [0.717, 1.165) is 23.5 Å². The van der Waals surface area contributed by atoms with E-state index in [1.165, 1.54) is 5.56 Å². The second-order valence-corrected chi connectivity index (χ2v) is 6.58. The first-order chi connectivity index (χ1) is 10.9. The molecule has 0 bridgehead atoms. The van der Waals surface area contributed by atoms with Crippen LogP contribution in [0.3, 0.4) is 0 Å². The third kappa shape index (κ3) is 7.50. The molecule has 0 radical (unpaired) electrons. The topological polar surface area (TPSA) is 56.7 Å². The first-order valence-corrected chi connectivity index (χ1v) is 8.75. The average Bonchev–Trinajstić information content (AvgIpc) is 2.52. The normalized spacial score (nSPS) is 11.5. The highest BCUT2D eigenvalue weighted by atomic mass is 79.9. The van der Waals surface area contributed by atoms with E-state index in [4.69, 9.17) is 0 Å². The Labute approximate surface area is 147 Å². The van der Waals surface area contributed by atoms with Gasteiger partial charge in [-0.05, 0) is 24.6 Å². The molecule has 0 atom stereocenters. The lowest BCUT2D eigenvalue weighted by Crippen LogP contribution is -2.39. The molecule has 0 spiro atoms. The molecular formula is C17H27BrN4O. The molecule has 128 valence electrons. The summed E-state index contributed by atoms with van der Waals surface area (Å²) in [7, 11) is 2.01. The Bertz CT molecular complexity index is 514.